The standard InChI is InChI=1S/C12H14F3N3O3/c13-12(14,15)11-4-8(9(6-17-11)18(20)21)16-5-7-2-1-3-10(7)19/h4,6-7,10,19H,1-3,5H2,(H,16,17). The maximum Gasteiger partial charge on any atom is 0.433 e. The first-order valence-corrected chi connectivity index (χ1v) is 6.42. The van der Waals surface area contributed by atoms with E-state index in [-0.39, 0.29) is 18.2 Å². The first kappa shape index (κ1) is 15.5. The summed E-state index contributed by atoms with van der Waals surface area (Å²) in [5.74, 6) is -0.118. The minimum atomic E-state index is -4.67. The molecule has 1 aliphatic carbocycles. The average Bonchev–Trinajstić information content (AvgIpc) is 2.80. The van der Waals surface area contributed by atoms with E-state index in [1.807, 2.05) is 0 Å². The van der Waals surface area contributed by atoms with Crippen LogP contribution < -0.4 is 5.32 Å². The third kappa shape index (κ3) is 3.60. The topological polar surface area (TPSA) is 88.3 Å². The first-order chi connectivity index (χ1) is 9.79. The molecule has 0 aromatic carbocycles. The van der Waals surface area contributed by atoms with Crippen molar-refractivity contribution in [1.29, 1.82) is 0 Å². The summed E-state index contributed by atoms with van der Waals surface area (Å²) in [6.45, 7) is 0.184. The van der Waals surface area contributed by atoms with Crippen molar-refractivity contribution in [1.82, 2.24) is 4.98 Å². The Labute approximate surface area is 118 Å². The zero-order valence-corrected chi connectivity index (χ0v) is 10.9. The molecule has 0 bridgehead atoms. The summed E-state index contributed by atoms with van der Waals surface area (Å²) in [5.41, 5.74) is -1.94. The molecule has 1 aliphatic rings. The van der Waals surface area contributed by atoms with E-state index in [1.54, 1.807) is 0 Å². The molecule has 1 aromatic rings. The van der Waals surface area contributed by atoms with Gasteiger partial charge in [-0.2, -0.15) is 13.2 Å². The second-order valence-electron chi connectivity index (χ2n) is 4.98. The van der Waals surface area contributed by atoms with Gasteiger partial charge >= 0.3 is 11.9 Å². The van der Waals surface area contributed by atoms with Crippen molar-refractivity contribution in [2.24, 2.45) is 5.92 Å². The number of nitro groups is 1. The number of pyridine rings is 1. The monoisotopic (exact) mass is 305 g/mol. The van der Waals surface area contributed by atoms with Crippen LogP contribution in [0.1, 0.15) is 25.0 Å². The summed E-state index contributed by atoms with van der Waals surface area (Å²) in [7, 11) is 0. The molecule has 0 aliphatic heterocycles. The lowest BCUT2D eigenvalue weighted by Crippen LogP contribution is -2.22. The molecule has 2 rings (SSSR count). The second-order valence-corrected chi connectivity index (χ2v) is 4.98. The van der Waals surface area contributed by atoms with E-state index >= 15 is 0 Å². The fraction of sp³-hybridized carbons (Fsp3) is 0.583. The molecule has 2 unspecified atom stereocenters. The number of halogens is 3. The molecule has 0 amide bonds. The SMILES string of the molecule is O=[N+]([O-])c1cnc(C(F)(F)F)cc1NCC1CCCC1O. The molecule has 1 aromatic heterocycles. The molecule has 0 spiro atoms. The Kier molecular flexibility index (Phi) is 4.31. The van der Waals surface area contributed by atoms with Gasteiger partial charge in [0, 0.05) is 12.5 Å². The van der Waals surface area contributed by atoms with Crippen LogP contribution in [0.15, 0.2) is 12.3 Å². The highest BCUT2D eigenvalue weighted by molar-refractivity contribution is 5.61. The van der Waals surface area contributed by atoms with Crippen LogP contribution in [0.5, 0.6) is 0 Å². The summed E-state index contributed by atoms with van der Waals surface area (Å²) in [6, 6.07) is 0.624. The predicted octanol–water partition coefficient (Wildman–Crippen LogP) is 2.58. The molecule has 1 saturated carbocycles. The number of nitrogens with one attached hydrogen (secondary N) is 1. The molecule has 0 radical (unpaired) electrons. The summed E-state index contributed by atoms with van der Waals surface area (Å²) >= 11 is 0. The van der Waals surface area contributed by atoms with Crippen LogP contribution in [-0.4, -0.2) is 27.7 Å². The van der Waals surface area contributed by atoms with Gasteiger partial charge in [0.05, 0.1) is 11.0 Å². The summed E-state index contributed by atoms with van der Waals surface area (Å²) in [5, 5.41) is 23.1. The number of alkyl halides is 3. The summed E-state index contributed by atoms with van der Waals surface area (Å²) in [6.07, 6.45) is -2.40. The lowest BCUT2D eigenvalue weighted by atomic mass is 10.1. The minimum absolute atomic E-state index is 0.118. The zero-order chi connectivity index (χ0) is 15.6. The van der Waals surface area contributed by atoms with Crippen LogP contribution in [0.4, 0.5) is 24.5 Å². The fourth-order valence-electron chi connectivity index (χ4n) is 2.39. The number of hydrogen-bond acceptors (Lipinski definition) is 5. The highest BCUT2D eigenvalue weighted by Gasteiger charge is 2.34. The lowest BCUT2D eigenvalue weighted by Gasteiger charge is -2.16. The minimum Gasteiger partial charge on any atom is -0.393 e. The van der Waals surface area contributed by atoms with Crippen molar-refractivity contribution in [3.63, 3.8) is 0 Å². The maximum atomic E-state index is 12.6. The van der Waals surface area contributed by atoms with Gasteiger partial charge in [-0.15, -0.1) is 0 Å². The molecule has 9 heteroatoms. The average molecular weight is 305 g/mol. The van der Waals surface area contributed by atoms with Gasteiger partial charge in [-0.1, -0.05) is 6.42 Å². The smallest absolute Gasteiger partial charge is 0.393 e. The first-order valence-electron chi connectivity index (χ1n) is 6.42. The second kappa shape index (κ2) is 5.84. The van der Waals surface area contributed by atoms with Crippen LogP contribution in [0.2, 0.25) is 0 Å². The maximum absolute atomic E-state index is 12.6. The van der Waals surface area contributed by atoms with E-state index in [0.29, 0.717) is 18.7 Å². The van der Waals surface area contributed by atoms with Crippen LogP contribution in [0.3, 0.4) is 0 Å². The Bertz CT molecular complexity index is 536. The number of rotatable bonds is 4. The number of nitrogens with zero attached hydrogens (tertiary/aromatic N) is 2. The van der Waals surface area contributed by atoms with E-state index in [2.05, 4.69) is 10.3 Å². The van der Waals surface area contributed by atoms with Crippen LogP contribution in [0.25, 0.3) is 0 Å². The number of aliphatic hydroxyl groups is 1. The lowest BCUT2D eigenvalue weighted by molar-refractivity contribution is -0.384. The number of aromatic nitrogens is 1. The molecule has 6 nitrogen and oxygen atoms in total. The van der Waals surface area contributed by atoms with Gasteiger partial charge in [-0.25, -0.2) is 4.98 Å². The van der Waals surface area contributed by atoms with Crippen molar-refractivity contribution >= 4 is 11.4 Å². The van der Waals surface area contributed by atoms with Gasteiger partial charge in [-0.3, -0.25) is 10.1 Å². The van der Waals surface area contributed by atoms with Crippen molar-refractivity contribution in [3.05, 3.63) is 28.1 Å². The van der Waals surface area contributed by atoms with Crippen LogP contribution in [-0.2, 0) is 6.18 Å². The Balaban J connectivity index is 2.20. The molecule has 1 fully saturated rings. The van der Waals surface area contributed by atoms with Gasteiger partial charge < -0.3 is 10.4 Å². The van der Waals surface area contributed by atoms with Gasteiger partial charge in [-0.05, 0) is 18.9 Å². The van der Waals surface area contributed by atoms with Crippen LogP contribution in [0, 0.1) is 16.0 Å². The Morgan fingerprint density at radius 3 is 2.71 bits per heavy atom. The van der Waals surface area contributed by atoms with Gasteiger partial charge in [0.1, 0.15) is 17.6 Å². The van der Waals surface area contributed by atoms with Crippen molar-refractivity contribution in [3.8, 4) is 0 Å². The molecule has 21 heavy (non-hydrogen) atoms. The van der Waals surface area contributed by atoms with Gasteiger partial charge in [0.25, 0.3) is 0 Å². The Morgan fingerprint density at radius 1 is 1.48 bits per heavy atom. The zero-order valence-electron chi connectivity index (χ0n) is 10.9. The molecule has 2 atom stereocenters. The predicted molar refractivity (Wildman–Crippen MR) is 67.7 cm³/mol. The highest BCUT2D eigenvalue weighted by atomic mass is 19.4. The molecule has 116 valence electrons. The van der Waals surface area contributed by atoms with E-state index in [1.165, 1.54) is 0 Å². The van der Waals surface area contributed by atoms with E-state index in [4.69, 9.17) is 0 Å². The number of aliphatic hydroxyl groups excluding tert-OH is 1. The van der Waals surface area contributed by atoms with Crippen LogP contribution >= 0.6 is 0 Å². The van der Waals surface area contributed by atoms with E-state index < -0.39 is 28.6 Å². The Hall–Kier alpha value is -1.90. The molecule has 1 heterocycles. The summed E-state index contributed by atoms with van der Waals surface area (Å²) < 4.78 is 37.8. The Morgan fingerprint density at radius 2 is 2.19 bits per heavy atom. The van der Waals surface area contributed by atoms with Gasteiger partial charge in [0.2, 0.25) is 0 Å². The number of anilines is 1. The van der Waals surface area contributed by atoms with Crippen molar-refractivity contribution in [2.75, 3.05) is 11.9 Å². The third-order valence-electron chi connectivity index (χ3n) is 3.54. The van der Waals surface area contributed by atoms with Crippen molar-refractivity contribution in [2.45, 2.75) is 31.5 Å². The molecular formula is C12H14F3N3O3. The fourth-order valence-corrected chi connectivity index (χ4v) is 2.39. The molecular weight excluding hydrogens is 291 g/mol. The third-order valence-corrected chi connectivity index (χ3v) is 3.54. The molecule has 2 N–H and O–H groups in total. The van der Waals surface area contributed by atoms with Crippen molar-refractivity contribution < 1.29 is 23.2 Å². The summed E-state index contributed by atoms with van der Waals surface area (Å²) in [4.78, 5) is 13.1. The van der Waals surface area contributed by atoms with E-state index in [9.17, 15) is 28.4 Å². The quantitative estimate of drug-likeness (QED) is 0.659. The highest BCUT2D eigenvalue weighted by Crippen LogP contribution is 2.33. The molecule has 0 saturated heterocycles. The van der Waals surface area contributed by atoms with E-state index in [0.717, 1.165) is 12.8 Å². The van der Waals surface area contributed by atoms with Gasteiger partial charge in [0.15, 0.2) is 0 Å². The largest absolute Gasteiger partial charge is 0.433 e. The normalized spacial score (nSPS) is 22.3. The number of hydrogen-bond donors (Lipinski definition) is 2.